The molecule has 5 heteroatoms. The van der Waals surface area contributed by atoms with Crippen LogP contribution >= 0.6 is 0 Å². The zero-order valence-electron chi connectivity index (χ0n) is 15.1. The number of piperidine rings is 1. The van der Waals surface area contributed by atoms with Crippen LogP contribution in [0.15, 0.2) is 0 Å². The Labute approximate surface area is 137 Å². The van der Waals surface area contributed by atoms with Crippen molar-refractivity contribution in [1.82, 2.24) is 20.0 Å². The SMILES string of the molecule is CC.CN1CCC(CC(=O)NCCN2CCN(C)CC2)CC1. The lowest BCUT2D eigenvalue weighted by molar-refractivity contribution is -0.122. The maximum absolute atomic E-state index is 11.9. The van der Waals surface area contributed by atoms with Gasteiger partial charge in [0.1, 0.15) is 0 Å². The summed E-state index contributed by atoms with van der Waals surface area (Å²) in [4.78, 5) is 19.1. The van der Waals surface area contributed by atoms with E-state index in [1.165, 1.54) is 12.8 Å². The number of piperazine rings is 1. The molecule has 0 unspecified atom stereocenters. The molecular formula is C17H36N4O. The van der Waals surface area contributed by atoms with Gasteiger partial charge in [0.05, 0.1) is 0 Å². The van der Waals surface area contributed by atoms with Gasteiger partial charge in [-0.2, -0.15) is 0 Å². The highest BCUT2D eigenvalue weighted by Crippen LogP contribution is 2.19. The van der Waals surface area contributed by atoms with Gasteiger partial charge >= 0.3 is 0 Å². The number of carbonyl (C=O) groups is 1. The fraction of sp³-hybridized carbons (Fsp3) is 0.941. The molecule has 0 aromatic carbocycles. The highest BCUT2D eigenvalue weighted by Gasteiger charge is 2.19. The number of amides is 1. The largest absolute Gasteiger partial charge is 0.355 e. The summed E-state index contributed by atoms with van der Waals surface area (Å²) in [6, 6.07) is 0. The number of nitrogens with one attached hydrogen (secondary N) is 1. The summed E-state index contributed by atoms with van der Waals surface area (Å²) in [7, 11) is 4.33. The van der Waals surface area contributed by atoms with Gasteiger partial charge in [-0.1, -0.05) is 13.8 Å². The highest BCUT2D eigenvalue weighted by molar-refractivity contribution is 5.76. The van der Waals surface area contributed by atoms with Crippen LogP contribution in [0.25, 0.3) is 0 Å². The molecule has 1 amide bonds. The fourth-order valence-corrected chi connectivity index (χ4v) is 3.03. The Balaban J connectivity index is 0.00000116. The van der Waals surface area contributed by atoms with Crippen LogP contribution in [0.2, 0.25) is 0 Å². The Kier molecular flexibility index (Phi) is 9.68. The van der Waals surface area contributed by atoms with Crippen molar-refractivity contribution in [3.8, 4) is 0 Å². The van der Waals surface area contributed by atoms with E-state index in [2.05, 4.69) is 34.1 Å². The van der Waals surface area contributed by atoms with Gasteiger partial charge in [-0.05, 0) is 45.9 Å². The summed E-state index contributed by atoms with van der Waals surface area (Å²) in [5, 5.41) is 3.09. The first-order chi connectivity index (χ1) is 10.6. The van der Waals surface area contributed by atoms with Crippen LogP contribution in [-0.4, -0.2) is 87.1 Å². The van der Waals surface area contributed by atoms with Gasteiger partial charge in [0.15, 0.2) is 0 Å². The average Bonchev–Trinajstić information content (AvgIpc) is 2.53. The van der Waals surface area contributed by atoms with Crippen molar-refractivity contribution < 1.29 is 4.79 Å². The minimum Gasteiger partial charge on any atom is -0.355 e. The number of likely N-dealkylation sites (N-methyl/N-ethyl adjacent to an activating group) is 1. The van der Waals surface area contributed by atoms with Crippen LogP contribution in [-0.2, 0) is 4.79 Å². The van der Waals surface area contributed by atoms with E-state index in [1.807, 2.05) is 13.8 Å². The summed E-state index contributed by atoms with van der Waals surface area (Å²) in [6.07, 6.45) is 3.06. The standard InChI is InChI=1S/C15H30N4O.C2H6/c1-17-6-3-14(4-7-17)13-15(20)16-5-8-19-11-9-18(2)10-12-19;1-2/h14H,3-13H2,1-2H3,(H,16,20);1-2H3. The molecule has 2 aliphatic rings. The summed E-state index contributed by atoms with van der Waals surface area (Å²) in [5.41, 5.74) is 0. The van der Waals surface area contributed by atoms with E-state index in [1.54, 1.807) is 0 Å². The third-order valence-corrected chi connectivity index (χ3v) is 4.66. The van der Waals surface area contributed by atoms with Gasteiger partial charge in [0.25, 0.3) is 0 Å². The maximum atomic E-state index is 11.9. The third kappa shape index (κ3) is 7.56. The number of carbonyl (C=O) groups excluding carboxylic acids is 1. The molecule has 22 heavy (non-hydrogen) atoms. The van der Waals surface area contributed by atoms with Crippen molar-refractivity contribution in [2.24, 2.45) is 5.92 Å². The fourth-order valence-electron chi connectivity index (χ4n) is 3.03. The van der Waals surface area contributed by atoms with Gasteiger partial charge in [0, 0.05) is 45.7 Å². The number of hydrogen-bond acceptors (Lipinski definition) is 4. The molecule has 2 aliphatic heterocycles. The lowest BCUT2D eigenvalue weighted by Crippen LogP contribution is -2.47. The molecule has 2 rings (SSSR count). The van der Waals surface area contributed by atoms with E-state index in [0.29, 0.717) is 5.92 Å². The van der Waals surface area contributed by atoms with Crippen molar-refractivity contribution in [1.29, 1.82) is 0 Å². The van der Waals surface area contributed by atoms with Gasteiger partial charge < -0.3 is 15.1 Å². The molecule has 2 fully saturated rings. The second-order valence-corrected chi connectivity index (χ2v) is 6.45. The number of rotatable bonds is 5. The van der Waals surface area contributed by atoms with Crippen molar-refractivity contribution in [3.05, 3.63) is 0 Å². The van der Waals surface area contributed by atoms with Gasteiger partial charge in [0.2, 0.25) is 5.91 Å². The van der Waals surface area contributed by atoms with E-state index in [0.717, 1.165) is 58.8 Å². The minimum absolute atomic E-state index is 0.244. The molecular weight excluding hydrogens is 276 g/mol. The van der Waals surface area contributed by atoms with E-state index in [9.17, 15) is 4.79 Å². The first kappa shape index (κ1) is 19.4. The van der Waals surface area contributed by atoms with Crippen LogP contribution in [0.4, 0.5) is 0 Å². The summed E-state index contributed by atoms with van der Waals surface area (Å²) in [6.45, 7) is 12.6. The smallest absolute Gasteiger partial charge is 0.220 e. The van der Waals surface area contributed by atoms with Gasteiger partial charge in [-0.15, -0.1) is 0 Å². The molecule has 1 N–H and O–H groups in total. The Hall–Kier alpha value is -0.650. The molecule has 0 aromatic heterocycles. The number of nitrogens with zero attached hydrogens (tertiary/aromatic N) is 3. The monoisotopic (exact) mass is 312 g/mol. The Morgan fingerprint density at radius 2 is 1.50 bits per heavy atom. The zero-order chi connectivity index (χ0) is 16.4. The molecule has 130 valence electrons. The quantitative estimate of drug-likeness (QED) is 0.825. The predicted molar refractivity (Wildman–Crippen MR) is 93.1 cm³/mol. The van der Waals surface area contributed by atoms with Crippen molar-refractivity contribution in [2.45, 2.75) is 33.1 Å². The number of likely N-dealkylation sites (tertiary alicyclic amines) is 1. The van der Waals surface area contributed by atoms with Crippen molar-refractivity contribution in [2.75, 3.05) is 66.5 Å². The first-order valence-electron chi connectivity index (χ1n) is 8.99. The molecule has 5 nitrogen and oxygen atoms in total. The lowest BCUT2D eigenvalue weighted by atomic mass is 9.93. The Morgan fingerprint density at radius 3 is 2.09 bits per heavy atom. The first-order valence-corrected chi connectivity index (χ1v) is 8.99. The lowest BCUT2D eigenvalue weighted by Gasteiger charge is -2.32. The molecule has 0 bridgehead atoms. The molecule has 0 aromatic rings. The molecule has 2 saturated heterocycles. The van der Waals surface area contributed by atoms with Crippen LogP contribution in [0.5, 0.6) is 0 Å². The van der Waals surface area contributed by atoms with E-state index >= 15 is 0 Å². The molecule has 0 atom stereocenters. The van der Waals surface area contributed by atoms with Crippen LogP contribution in [0, 0.1) is 5.92 Å². The summed E-state index contributed by atoms with van der Waals surface area (Å²) < 4.78 is 0. The van der Waals surface area contributed by atoms with E-state index in [4.69, 9.17) is 0 Å². The second kappa shape index (κ2) is 11.0. The summed E-state index contributed by atoms with van der Waals surface area (Å²) in [5.74, 6) is 0.837. The zero-order valence-corrected chi connectivity index (χ0v) is 15.1. The minimum atomic E-state index is 0.244. The number of hydrogen-bond donors (Lipinski definition) is 1. The van der Waals surface area contributed by atoms with Crippen LogP contribution in [0.1, 0.15) is 33.1 Å². The maximum Gasteiger partial charge on any atom is 0.220 e. The Morgan fingerprint density at radius 1 is 0.955 bits per heavy atom. The van der Waals surface area contributed by atoms with Crippen molar-refractivity contribution in [3.63, 3.8) is 0 Å². The molecule has 0 radical (unpaired) electrons. The van der Waals surface area contributed by atoms with Crippen LogP contribution < -0.4 is 5.32 Å². The molecule has 2 heterocycles. The molecule has 0 aliphatic carbocycles. The van der Waals surface area contributed by atoms with Crippen molar-refractivity contribution >= 4 is 5.91 Å². The Bertz CT molecular complexity index is 295. The van der Waals surface area contributed by atoms with E-state index in [-0.39, 0.29) is 5.91 Å². The van der Waals surface area contributed by atoms with E-state index < -0.39 is 0 Å². The summed E-state index contributed by atoms with van der Waals surface area (Å²) >= 11 is 0. The van der Waals surface area contributed by atoms with Crippen LogP contribution in [0.3, 0.4) is 0 Å². The molecule has 0 saturated carbocycles. The normalized spacial score (nSPS) is 22.0. The second-order valence-electron chi connectivity index (χ2n) is 6.45. The molecule has 0 spiro atoms. The predicted octanol–water partition coefficient (Wildman–Crippen LogP) is 1.11. The van der Waals surface area contributed by atoms with Gasteiger partial charge in [-0.25, -0.2) is 0 Å². The third-order valence-electron chi connectivity index (χ3n) is 4.66. The average molecular weight is 313 g/mol. The highest BCUT2D eigenvalue weighted by atomic mass is 16.1. The van der Waals surface area contributed by atoms with Gasteiger partial charge in [-0.3, -0.25) is 9.69 Å². The topological polar surface area (TPSA) is 38.8 Å².